The summed E-state index contributed by atoms with van der Waals surface area (Å²) in [7, 11) is -3.03. The van der Waals surface area contributed by atoms with Gasteiger partial charge in [0, 0.05) is 23.8 Å². The first kappa shape index (κ1) is 29.0. The van der Waals surface area contributed by atoms with Crippen molar-refractivity contribution < 1.29 is 0 Å². The van der Waals surface area contributed by atoms with Crippen molar-refractivity contribution >= 4 is 53.8 Å². The molecule has 0 saturated carbocycles. The van der Waals surface area contributed by atoms with Crippen LogP contribution in [0.25, 0.3) is 0 Å². The minimum absolute atomic E-state index is 0.211. The summed E-state index contributed by atoms with van der Waals surface area (Å²) < 4.78 is 5.05. The second-order valence-electron chi connectivity index (χ2n) is 12.9. The summed E-state index contributed by atoms with van der Waals surface area (Å²) in [6.07, 6.45) is 5.75. The molecule has 6 rings (SSSR count). The van der Waals surface area contributed by atoms with E-state index < -0.39 is 7.58 Å². The molecule has 212 valence electrons. The second-order valence-corrected chi connectivity index (χ2v) is 17.6. The van der Waals surface area contributed by atoms with Gasteiger partial charge in [-0.2, -0.15) is 0 Å². The molecule has 0 aliphatic carbocycles. The number of benzene rings is 4. The highest BCUT2D eigenvalue weighted by atomic mass is 35.6. The van der Waals surface area contributed by atoms with Gasteiger partial charge < -0.3 is 9.13 Å². The van der Waals surface area contributed by atoms with E-state index in [-0.39, 0.29) is 12.8 Å². The van der Waals surface area contributed by atoms with Crippen LogP contribution in [0.2, 0.25) is 0 Å². The Balaban J connectivity index is 1.67. The number of halogens is 1. The fourth-order valence-electron chi connectivity index (χ4n) is 8.26. The number of fused-ring (bicyclic) bond motifs is 1. The monoisotopic (exact) mass is 586 g/mol. The zero-order chi connectivity index (χ0) is 30.1. The molecule has 2 aliphatic heterocycles. The molecular formula is C36H41B2ClN2Si. The first-order chi connectivity index (χ1) is 19.9. The van der Waals surface area contributed by atoms with Crippen LogP contribution in [0.5, 0.6) is 0 Å². The lowest BCUT2D eigenvalue weighted by Gasteiger charge is -2.45. The maximum absolute atomic E-state index is 8.56. The van der Waals surface area contributed by atoms with Gasteiger partial charge in [-0.05, 0) is 84.6 Å². The van der Waals surface area contributed by atoms with E-state index in [9.17, 15) is 0 Å². The standard InChI is InChI=1S/C36H41B2ClN2Si/c1-23-18-29(7)33(30(8)19-23)38-34-31(9)20-24(2)21-32(34)22-37(38)42(39)40(35-25(3)12-10-13-26(35)4)16-17-41(42)36-27(5)14-11-15-28(36)6/h10-21H,22H2,1-9H3. The molecule has 0 N–H and O–H groups in total. The molecule has 0 bridgehead atoms. The van der Waals surface area contributed by atoms with Crippen molar-refractivity contribution in [2.24, 2.45) is 0 Å². The normalized spacial score (nSPS) is 15.7. The average Bonchev–Trinajstić information content (AvgIpc) is 3.43. The smallest absolute Gasteiger partial charge is 0.323 e. The largest absolute Gasteiger partial charge is 0.349 e. The van der Waals surface area contributed by atoms with Gasteiger partial charge >= 0.3 is 7.58 Å². The molecule has 4 aromatic rings. The highest BCUT2D eigenvalue weighted by molar-refractivity contribution is 7.73. The zero-order valence-electron chi connectivity index (χ0n) is 26.6. The zero-order valence-corrected chi connectivity index (χ0v) is 28.3. The molecule has 0 unspecified atom stereocenters. The van der Waals surface area contributed by atoms with Gasteiger partial charge in [-0.15, -0.1) is 11.1 Å². The Bertz CT molecular complexity index is 1640. The Morgan fingerprint density at radius 2 is 0.976 bits per heavy atom. The van der Waals surface area contributed by atoms with Crippen molar-refractivity contribution in [3.05, 3.63) is 129 Å². The Morgan fingerprint density at radius 3 is 1.43 bits per heavy atom. The van der Waals surface area contributed by atoms with Crippen LogP contribution < -0.4 is 20.1 Å². The minimum atomic E-state index is -3.03. The highest BCUT2D eigenvalue weighted by Crippen LogP contribution is 2.44. The molecule has 0 spiro atoms. The summed E-state index contributed by atoms with van der Waals surface area (Å²) in [6.45, 7) is 20.5. The molecule has 0 aromatic heterocycles. The van der Waals surface area contributed by atoms with Gasteiger partial charge in [0.2, 0.25) is 0 Å². The summed E-state index contributed by atoms with van der Waals surface area (Å²) >= 11 is 8.56. The summed E-state index contributed by atoms with van der Waals surface area (Å²) in [6, 6.07) is 22.8. The average molecular weight is 587 g/mol. The van der Waals surface area contributed by atoms with Crippen LogP contribution in [0.1, 0.15) is 55.6 Å². The Labute approximate surface area is 259 Å². The first-order valence-corrected chi connectivity index (χ1v) is 18.2. The van der Waals surface area contributed by atoms with E-state index in [2.05, 4.69) is 145 Å². The Hall–Kier alpha value is -3.14. The predicted octanol–water partition coefficient (Wildman–Crippen LogP) is 7.49. The lowest BCUT2D eigenvalue weighted by molar-refractivity contribution is 1.26. The quantitative estimate of drug-likeness (QED) is 0.181. The Kier molecular flexibility index (Phi) is 7.26. The molecule has 0 amide bonds. The molecule has 0 atom stereocenters. The molecule has 0 saturated heterocycles. The van der Waals surface area contributed by atoms with Gasteiger partial charge in [-0.25, -0.2) is 0 Å². The number of aryl methyl sites for hydroxylation is 9. The summed E-state index contributed by atoms with van der Waals surface area (Å²) in [5.41, 5.74) is 18.7. The van der Waals surface area contributed by atoms with Crippen molar-refractivity contribution in [3.63, 3.8) is 0 Å². The van der Waals surface area contributed by atoms with Gasteiger partial charge in [0.1, 0.15) is 0 Å². The molecule has 4 aromatic carbocycles. The summed E-state index contributed by atoms with van der Waals surface area (Å²) in [4.78, 5) is 0. The number of hydrogen-bond donors (Lipinski definition) is 0. The van der Waals surface area contributed by atoms with Crippen LogP contribution in [0.4, 0.5) is 11.4 Å². The number of hydrogen-bond acceptors (Lipinski definition) is 2. The van der Waals surface area contributed by atoms with Gasteiger partial charge in [0.25, 0.3) is 0 Å². The van der Waals surface area contributed by atoms with Crippen LogP contribution >= 0.6 is 11.1 Å². The summed E-state index contributed by atoms with van der Waals surface area (Å²) in [5.74, 6) is 0. The van der Waals surface area contributed by atoms with E-state index in [1.807, 2.05) is 0 Å². The van der Waals surface area contributed by atoms with Crippen molar-refractivity contribution in [2.45, 2.75) is 68.6 Å². The maximum Gasteiger partial charge on any atom is 0.323 e. The summed E-state index contributed by atoms with van der Waals surface area (Å²) in [5, 5.41) is 0. The minimum Gasteiger partial charge on any atom is -0.349 e. The lowest BCUT2D eigenvalue weighted by atomic mass is 9.17. The highest BCUT2D eigenvalue weighted by Gasteiger charge is 2.63. The molecule has 0 radical (unpaired) electrons. The van der Waals surface area contributed by atoms with E-state index in [1.165, 1.54) is 77.9 Å². The first-order valence-electron chi connectivity index (χ1n) is 15.2. The van der Waals surface area contributed by atoms with Gasteiger partial charge in [-0.1, -0.05) is 111 Å². The van der Waals surface area contributed by atoms with Crippen LogP contribution in [-0.2, 0) is 6.32 Å². The van der Waals surface area contributed by atoms with Crippen LogP contribution in [0, 0.1) is 62.3 Å². The van der Waals surface area contributed by atoms with Crippen LogP contribution in [-0.4, -0.2) is 20.4 Å². The van der Waals surface area contributed by atoms with E-state index in [0.717, 1.165) is 6.32 Å². The van der Waals surface area contributed by atoms with Crippen molar-refractivity contribution in [1.29, 1.82) is 0 Å². The fraction of sp³-hybridized carbons (Fsp3) is 0.278. The lowest BCUT2D eigenvalue weighted by Crippen LogP contribution is -2.74. The second kappa shape index (κ2) is 10.5. The van der Waals surface area contributed by atoms with E-state index in [1.54, 1.807) is 0 Å². The van der Waals surface area contributed by atoms with Crippen molar-refractivity contribution in [2.75, 3.05) is 9.13 Å². The van der Waals surface area contributed by atoms with Crippen molar-refractivity contribution in [1.82, 2.24) is 0 Å². The molecule has 6 heteroatoms. The number of rotatable bonds is 4. The SMILES string of the molecule is Cc1cc(C)c(B2B([Si]3(Cl)N(c4c(C)cccc4C)C=CN3c3c(C)cccc3C)Cc3cc(C)cc(C)c32)c(C)c1. The van der Waals surface area contributed by atoms with E-state index in [4.69, 9.17) is 11.1 Å². The maximum atomic E-state index is 8.56. The predicted molar refractivity (Wildman–Crippen MR) is 189 cm³/mol. The van der Waals surface area contributed by atoms with Gasteiger partial charge in [0.15, 0.2) is 12.8 Å². The number of para-hydroxylation sites is 2. The third kappa shape index (κ3) is 4.39. The van der Waals surface area contributed by atoms with Crippen molar-refractivity contribution in [3.8, 4) is 0 Å². The Morgan fingerprint density at radius 1 is 0.571 bits per heavy atom. The number of nitrogens with zero attached hydrogens (tertiary/aromatic N) is 2. The fourth-order valence-corrected chi connectivity index (χ4v) is 13.8. The molecule has 42 heavy (non-hydrogen) atoms. The molecule has 2 heterocycles. The van der Waals surface area contributed by atoms with Gasteiger partial charge in [-0.3, -0.25) is 0 Å². The number of anilines is 2. The topological polar surface area (TPSA) is 6.48 Å². The van der Waals surface area contributed by atoms with Crippen LogP contribution in [0.3, 0.4) is 0 Å². The van der Waals surface area contributed by atoms with E-state index in [0.29, 0.717) is 0 Å². The third-order valence-electron chi connectivity index (χ3n) is 9.69. The third-order valence-corrected chi connectivity index (χ3v) is 15.2. The van der Waals surface area contributed by atoms with Gasteiger partial charge in [0.05, 0.1) is 0 Å². The van der Waals surface area contributed by atoms with Crippen LogP contribution in [0.15, 0.2) is 73.1 Å². The molecule has 0 fully saturated rings. The molecular weight excluding hydrogens is 546 g/mol. The molecule has 2 aliphatic rings. The molecule has 2 nitrogen and oxygen atoms in total. The van der Waals surface area contributed by atoms with E-state index >= 15 is 0 Å².